The van der Waals surface area contributed by atoms with Crippen molar-refractivity contribution in [1.29, 1.82) is 0 Å². The number of benzene rings is 2. The van der Waals surface area contributed by atoms with Gasteiger partial charge in [0.2, 0.25) is 0 Å². The van der Waals surface area contributed by atoms with E-state index in [0.717, 1.165) is 30.3 Å². The van der Waals surface area contributed by atoms with E-state index in [1.165, 1.54) is 6.07 Å². The van der Waals surface area contributed by atoms with Gasteiger partial charge in [0.05, 0.1) is 5.56 Å². The van der Waals surface area contributed by atoms with Gasteiger partial charge in [0.1, 0.15) is 11.5 Å². The molecular weight excluding hydrogens is 314 g/mol. The zero-order chi connectivity index (χ0) is 16.5. The van der Waals surface area contributed by atoms with E-state index in [1.807, 2.05) is 0 Å². The predicted octanol–water partition coefficient (Wildman–Crippen LogP) is 4.98. The monoisotopic (exact) mass is 322 g/mol. The molecule has 0 aliphatic heterocycles. The summed E-state index contributed by atoms with van der Waals surface area (Å²) in [5.41, 5.74) is -1.68. The Kier molecular flexibility index (Phi) is 3.95. The highest BCUT2D eigenvalue weighted by atomic mass is 19.4. The Morgan fingerprint density at radius 3 is 2.14 bits per heavy atom. The summed E-state index contributed by atoms with van der Waals surface area (Å²) in [4.78, 5) is 0. The maximum Gasteiger partial charge on any atom is 0.573 e. The lowest BCUT2D eigenvalue weighted by molar-refractivity contribution is -0.274. The fourth-order valence-corrected chi connectivity index (χ4v) is 1.88. The maximum atomic E-state index is 12.9. The van der Waals surface area contributed by atoms with E-state index in [9.17, 15) is 31.4 Å². The first-order valence-electron chi connectivity index (χ1n) is 5.83. The predicted molar refractivity (Wildman–Crippen MR) is 65.2 cm³/mol. The van der Waals surface area contributed by atoms with Gasteiger partial charge in [-0.15, -0.1) is 13.2 Å². The topological polar surface area (TPSA) is 29.5 Å². The molecule has 0 saturated carbocycles. The van der Waals surface area contributed by atoms with Crippen molar-refractivity contribution in [3.05, 3.63) is 48.0 Å². The number of ether oxygens (including phenoxy) is 1. The molecule has 0 saturated heterocycles. The molecule has 0 aliphatic carbocycles. The molecule has 22 heavy (non-hydrogen) atoms. The zero-order valence-corrected chi connectivity index (χ0v) is 10.7. The van der Waals surface area contributed by atoms with Crippen LogP contribution in [0.2, 0.25) is 0 Å². The van der Waals surface area contributed by atoms with Gasteiger partial charge in [0.25, 0.3) is 0 Å². The Hall–Kier alpha value is -2.38. The molecule has 0 bridgehead atoms. The smallest absolute Gasteiger partial charge is 0.508 e. The lowest BCUT2D eigenvalue weighted by Crippen LogP contribution is -2.17. The highest BCUT2D eigenvalue weighted by Gasteiger charge is 2.34. The maximum absolute atomic E-state index is 12.9. The molecule has 0 fully saturated rings. The largest absolute Gasteiger partial charge is 0.573 e. The Morgan fingerprint density at radius 1 is 0.864 bits per heavy atom. The van der Waals surface area contributed by atoms with E-state index in [-0.39, 0.29) is 5.56 Å². The van der Waals surface area contributed by atoms with Crippen molar-refractivity contribution < 1.29 is 36.2 Å². The van der Waals surface area contributed by atoms with E-state index in [1.54, 1.807) is 0 Å². The van der Waals surface area contributed by atoms with E-state index < -0.39 is 35.2 Å². The molecule has 0 amide bonds. The van der Waals surface area contributed by atoms with Crippen LogP contribution < -0.4 is 4.74 Å². The number of rotatable bonds is 2. The van der Waals surface area contributed by atoms with Crippen LogP contribution in [0, 0.1) is 0 Å². The summed E-state index contributed by atoms with van der Waals surface area (Å²) in [6, 6.07) is 6.43. The van der Waals surface area contributed by atoms with E-state index in [2.05, 4.69) is 4.74 Å². The fourth-order valence-electron chi connectivity index (χ4n) is 1.88. The minimum Gasteiger partial charge on any atom is -0.508 e. The molecule has 2 rings (SSSR count). The first-order valence-corrected chi connectivity index (χ1v) is 5.83. The Balaban J connectivity index is 2.52. The molecular formula is C14H8F6O2. The van der Waals surface area contributed by atoms with E-state index >= 15 is 0 Å². The minimum atomic E-state index is -4.95. The average molecular weight is 322 g/mol. The summed E-state index contributed by atoms with van der Waals surface area (Å²) in [7, 11) is 0. The van der Waals surface area contributed by atoms with Gasteiger partial charge >= 0.3 is 12.5 Å². The standard InChI is InChI=1S/C14H8F6O2/c15-13(16,17)12-5-4-9(21)7-11(12)8-2-1-3-10(6-8)22-14(18,19)20/h1-7,21H. The molecule has 0 aromatic heterocycles. The summed E-state index contributed by atoms with van der Waals surface area (Å²) in [5.74, 6) is -1.09. The van der Waals surface area contributed by atoms with Crippen molar-refractivity contribution in [3.63, 3.8) is 0 Å². The van der Waals surface area contributed by atoms with Crippen molar-refractivity contribution >= 4 is 0 Å². The zero-order valence-electron chi connectivity index (χ0n) is 10.7. The van der Waals surface area contributed by atoms with E-state index in [0.29, 0.717) is 6.07 Å². The van der Waals surface area contributed by atoms with Gasteiger partial charge in [-0.25, -0.2) is 0 Å². The number of halogens is 6. The lowest BCUT2D eigenvalue weighted by Gasteiger charge is -2.15. The molecule has 0 spiro atoms. The summed E-state index contributed by atoms with van der Waals surface area (Å²) >= 11 is 0. The van der Waals surface area contributed by atoms with Crippen LogP contribution in [0.25, 0.3) is 11.1 Å². The van der Waals surface area contributed by atoms with Gasteiger partial charge in [-0.3, -0.25) is 0 Å². The van der Waals surface area contributed by atoms with Crippen LogP contribution in [0.5, 0.6) is 11.5 Å². The van der Waals surface area contributed by atoms with Crippen molar-refractivity contribution in [2.45, 2.75) is 12.5 Å². The van der Waals surface area contributed by atoms with Gasteiger partial charge in [0, 0.05) is 0 Å². The fraction of sp³-hybridized carbons (Fsp3) is 0.143. The van der Waals surface area contributed by atoms with E-state index in [4.69, 9.17) is 0 Å². The van der Waals surface area contributed by atoms with Crippen LogP contribution in [-0.2, 0) is 6.18 Å². The van der Waals surface area contributed by atoms with Crippen molar-refractivity contribution in [3.8, 4) is 22.6 Å². The van der Waals surface area contributed by atoms with Gasteiger partial charge in [-0.2, -0.15) is 13.2 Å². The Morgan fingerprint density at radius 2 is 1.55 bits per heavy atom. The van der Waals surface area contributed by atoms with Crippen LogP contribution in [-0.4, -0.2) is 11.5 Å². The number of phenols is 1. The number of aromatic hydroxyl groups is 1. The molecule has 2 aromatic rings. The highest BCUT2D eigenvalue weighted by molar-refractivity contribution is 5.70. The van der Waals surface area contributed by atoms with Gasteiger partial charge in [-0.1, -0.05) is 12.1 Å². The normalized spacial score (nSPS) is 12.3. The molecule has 0 radical (unpaired) electrons. The second kappa shape index (κ2) is 5.43. The molecule has 0 aliphatic rings. The molecule has 2 aromatic carbocycles. The van der Waals surface area contributed by atoms with Crippen molar-refractivity contribution in [1.82, 2.24) is 0 Å². The third-order valence-corrected chi connectivity index (χ3v) is 2.69. The highest BCUT2D eigenvalue weighted by Crippen LogP contribution is 2.39. The Bertz CT molecular complexity index is 676. The third-order valence-electron chi connectivity index (χ3n) is 2.69. The second-order valence-corrected chi connectivity index (χ2v) is 4.30. The summed E-state index contributed by atoms with van der Waals surface area (Å²) < 4.78 is 79.0. The summed E-state index contributed by atoms with van der Waals surface area (Å²) in [5, 5.41) is 9.34. The average Bonchev–Trinajstić information content (AvgIpc) is 2.35. The molecule has 118 valence electrons. The third kappa shape index (κ3) is 3.84. The quantitative estimate of drug-likeness (QED) is 0.791. The molecule has 1 N–H and O–H groups in total. The van der Waals surface area contributed by atoms with Crippen LogP contribution in [0.3, 0.4) is 0 Å². The first-order chi connectivity index (χ1) is 10.1. The van der Waals surface area contributed by atoms with Gasteiger partial charge < -0.3 is 9.84 Å². The molecule has 0 unspecified atom stereocenters. The van der Waals surface area contributed by atoms with Crippen LogP contribution >= 0.6 is 0 Å². The Labute approximate surface area is 120 Å². The van der Waals surface area contributed by atoms with Crippen molar-refractivity contribution in [2.24, 2.45) is 0 Å². The van der Waals surface area contributed by atoms with Crippen LogP contribution in [0.1, 0.15) is 5.56 Å². The van der Waals surface area contributed by atoms with Crippen LogP contribution in [0.15, 0.2) is 42.5 Å². The SMILES string of the molecule is Oc1ccc(C(F)(F)F)c(-c2cccc(OC(F)(F)F)c2)c1. The van der Waals surface area contributed by atoms with Crippen LogP contribution in [0.4, 0.5) is 26.3 Å². The van der Waals surface area contributed by atoms with Crippen molar-refractivity contribution in [2.75, 3.05) is 0 Å². The lowest BCUT2D eigenvalue weighted by atomic mass is 9.99. The number of phenolic OH excluding ortho intramolecular Hbond substituents is 1. The molecule has 0 heterocycles. The second-order valence-electron chi connectivity index (χ2n) is 4.30. The molecule has 0 atom stereocenters. The molecule has 2 nitrogen and oxygen atoms in total. The summed E-state index contributed by atoms with van der Waals surface area (Å²) in [6.07, 6.45) is -9.67. The number of alkyl halides is 6. The molecule has 8 heteroatoms. The summed E-state index contributed by atoms with van der Waals surface area (Å²) in [6.45, 7) is 0. The first kappa shape index (κ1) is 16.0. The minimum absolute atomic E-state index is 0.162. The number of hydrogen-bond donors (Lipinski definition) is 1. The van der Waals surface area contributed by atoms with Gasteiger partial charge in [0.15, 0.2) is 0 Å². The van der Waals surface area contributed by atoms with Gasteiger partial charge in [-0.05, 0) is 41.5 Å². The number of hydrogen-bond acceptors (Lipinski definition) is 2.